The normalized spacial score (nSPS) is 11.8. The molecule has 0 saturated carbocycles. The molecule has 1 unspecified atom stereocenters. The van der Waals surface area contributed by atoms with Crippen molar-refractivity contribution in [2.75, 3.05) is 7.05 Å². The average Bonchev–Trinajstić information content (AvgIpc) is 2.21. The zero-order valence-electron chi connectivity index (χ0n) is 7.25. The van der Waals surface area contributed by atoms with E-state index in [4.69, 9.17) is 0 Å². The Morgan fingerprint density at radius 2 is 1.46 bits per heavy atom. The summed E-state index contributed by atoms with van der Waals surface area (Å²) in [4.78, 5) is 0. The van der Waals surface area contributed by atoms with E-state index in [0.29, 0.717) is 0 Å². The molecule has 0 aliphatic heterocycles. The third kappa shape index (κ3) is 3.94. The lowest BCUT2D eigenvalue weighted by molar-refractivity contribution is 0.0496. The van der Waals surface area contributed by atoms with E-state index in [0.717, 1.165) is 0 Å². The minimum absolute atomic E-state index is 0.0301. The lowest BCUT2D eigenvalue weighted by Gasteiger charge is -2.05. The van der Waals surface area contributed by atoms with Gasteiger partial charge in [0.15, 0.2) is 6.17 Å². The molecule has 74 valence electrons. The number of hydrogen-bond donors (Lipinski definition) is 1. The van der Waals surface area contributed by atoms with E-state index in [2.05, 4.69) is 5.73 Å². The van der Waals surface area contributed by atoms with Crippen LogP contribution in [0.3, 0.4) is 0 Å². The maximum absolute atomic E-state index is 12.5. The van der Waals surface area contributed by atoms with Gasteiger partial charge in [0, 0.05) is 0 Å². The minimum atomic E-state index is -2.93. The third-order valence-corrected chi connectivity index (χ3v) is 1.34. The Hall–Kier alpha value is -1.03. The predicted molar refractivity (Wildman–Crippen MR) is 46.4 cm³/mol. The fraction of sp³-hybridized carbons (Fsp3) is 0.333. The van der Waals surface area contributed by atoms with Crippen LogP contribution in [0.1, 0.15) is 11.7 Å². The van der Waals surface area contributed by atoms with Gasteiger partial charge in [-0.05, 0) is 12.6 Å². The molecule has 0 aromatic heterocycles. The van der Waals surface area contributed by atoms with E-state index in [1.165, 1.54) is 31.3 Å². The molecular weight excluding hydrogens is 179 g/mol. The SMILES string of the molecule is CN.FC(F)C(F)c1ccccc1. The molecular formula is C9H12F3N. The smallest absolute Gasteiger partial charge is 0.273 e. The molecule has 0 spiro atoms. The van der Waals surface area contributed by atoms with Gasteiger partial charge in [0.2, 0.25) is 0 Å². The summed E-state index contributed by atoms with van der Waals surface area (Å²) in [6.45, 7) is 0. The molecule has 1 aromatic carbocycles. The monoisotopic (exact) mass is 191 g/mol. The van der Waals surface area contributed by atoms with Crippen LogP contribution in [0, 0.1) is 0 Å². The second kappa shape index (κ2) is 6.48. The number of benzene rings is 1. The average molecular weight is 191 g/mol. The summed E-state index contributed by atoms with van der Waals surface area (Å²) in [5.41, 5.74) is 4.53. The molecule has 0 bridgehead atoms. The van der Waals surface area contributed by atoms with Crippen molar-refractivity contribution in [1.29, 1.82) is 0 Å². The maximum atomic E-state index is 12.5. The van der Waals surface area contributed by atoms with E-state index in [1.54, 1.807) is 6.07 Å². The van der Waals surface area contributed by atoms with Gasteiger partial charge < -0.3 is 5.73 Å². The van der Waals surface area contributed by atoms with Crippen molar-refractivity contribution in [3.05, 3.63) is 35.9 Å². The largest absolute Gasteiger partial charge is 0.333 e. The van der Waals surface area contributed by atoms with Crippen LogP contribution in [0.4, 0.5) is 13.2 Å². The molecule has 1 atom stereocenters. The first kappa shape index (κ1) is 12.0. The van der Waals surface area contributed by atoms with Crippen LogP contribution in [0.15, 0.2) is 30.3 Å². The molecule has 13 heavy (non-hydrogen) atoms. The Morgan fingerprint density at radius 1 is 1.00 bits per heavy atom. The van der Waals surface area contributed by atoms with Crippen LogP contribution >= 0.6 is 0 Å². The van der Waals surface area contributed by atoms with Gasteiger partial charge in [-0.2, -0.15) is 0 Å². The quantitative estimate of drug-likeness (QED) is 0.763. The first-order valence-corrected chi connectivity index (χ1v) is 3.76. The summed E-state index contributed by atoms with van der Waals surface area (Å²) >= 11 is 0. The molecule has 0 heterocycles. The Morgan fingerprint density at radius 3 is 1.85 bits per heavy atom. The fourth-order valence-corrected chi connectivity index (χ4v) is 0.782. The first-order valence-electron chi connectivity index (χ1n) is 3.76. The lowest BCUT2D eigenvalue weighted by atomic mass is 10.1. The highest BCUT2D eigenvalue weighted by atomic mass is 19.3. The zero-order chi connectivity index (χ0) is 10.3. The van der Waals surface area contributed by atoms with Crippen molar-refractivity contribution in [2.24, 2.45) is 5.73 Å². The van der Waals surface area contributed by atoms with Crippen molar-refractivity contribution >= 4 is 0 Å². The van der Waals surface area contributed by atoms with Crippen LogP contribution < -0.4 is 5.73 Å². The summed E-state index contributed by atoms with van der Waals surface area (Å²) in [5, 5.41) is 0. The Labute approximate surface area is 75.4 Å². The Kier molecular flexibility index (Phi) is 5.97. The van der Waals surface area contributed by atoms with Crippen molar-refractivity contribution in [3.63, 3.8) is 0 Å². The highest BCUT2D eigenvalue weighted by Gasteiger charge is 2.20. The molecule has 0 aliphatic rings. The van der Waals surface area contributed by atoms with Crippen molar-refractivity contribution in [1.82, 2.24) is 0 Å². The summed E-state index contributed by atoms with van der Waals surface area (Å²) in [6, 6.07) is 7.41. The molecule has 0 radical (unpaired) electrons. The van der Waals surface area contributed by atoms with Crippen molar-refractivity contribution < 1.29 is 13.2 Å². The van der Waals surface area contributed by atoms with Crippen molar-refractivity contribution in [2.45, 2.75) is 12.6 Å². The maximum Gasteiger partial charge on any atom is 0.273 e. The third-order valence-electron chi connectivity index (χ3n) is 1.34. The highest BCUT2D eigenvalue weighted by Crippen LogP contribution is 2.23. The topological polar surface area (TPSA) is 26.0 Å². The Balaban J connectivity index is 0.000000671. The van der Waals surface area contributed by atoms with Gasteiger partial charge in [-0.25, -0.2) is 13.2 Å². The summed E-state index contributed by atoms with van der Waals surface area (Å²) in [5.74, 6) is 0. The molecule has 1 rings (SSSR count). The van der Waals surface area contributed by atoms with Gasteiger partial charge in [0.05, 0.1) is 0 Å². The number of alkyl halides is 3. The van der Waals surface area contributed by atoms with E-state index >= 15 is 0 Å². The molecule has 0 aliphatic carbocycles. The van der Waals surface area contributed by atoms with Gasteiger partial charge in [-0.1, -0.05) is 30.3 Å². The van der Waals surface area contributed by atoms with Crippen molar-refractivity contribution in [3.8, 4) is 0 Å². The van der Waals surface area contributed by atoms with Gasteiger partial charge in [0.1, 0.15) is 0 Å². The fourth-order valence-electron chi connectivity index (χ4n) is 0.782. The Bertz CT molecular complexity index is 213. The van der Waals surface area contributed by atoms with Gasteiger partial charge in [0.25, 0.3) is 6.43 Å². The molecule has 1 aromatic rings. The summed E-state index contributed by atoms with van der Waals surface area (Å²) in [7, 11) is 1.50. The van der Waals surface area contributed by atoms with Crippen LogP contribution in [-0.2, 0) is 0 Å². The second-order valence-electron chi connectivity index (χ2n) is 2.15. The molecule has 0 fully saturated rings. The van der Waals surface area contributed by atoms with E-state index in [1.807, 2.05) is 0 Å². The summed E-state index contributed by atoms with van der Waals surface area (Å²) < 4.78 is 36.0. The van der Waals surface area contributed by atoms with Gasteiger partial charge in [-0.3, -0.25) is 0 Å². The van der Waals surface area contributed by atoms with E-state index in [9.17, 15) is 13.2 Å². The number of rotatable bonds is 2. The van der Waals surface area contributed by atoms with Crippen LogP contribution in [0.5, 0.6) is 0 Å². The number of hydrogen-bond acceptors (Lipinski definition) is 1. The van der Waals surface area contributed by atoms with Crippen LogP contribution in [0.25, 0.3) is 0 Å². The van der Waals surface area contributed by atoms with Gasteiger partial charge in [-0.15, -0.1) is 0 Å². The second-order valence-corrected chi connectivity index (χ2v) is 2.15. The van der Waals surface area contributed by atoms with E-state index in [-0.39, 0.29) is 5.56 Å². The predicted octanol–water partition coefficient (Wildman–Crippen LogP) is 2.54. The van der Waals surface area contributed by atoms with E-state index < -0.39 is 12.6 Å². The number of nitrogens with two attached hydrogens (primary N) is 1. The first-order chi connectivity index (χ1) is 6.22. The molecule has 4 heteroatoms. The van der Waals surface area contributed by atoms with Crippen LogP contribution in [0.2, 0.25) is 0 Å². The number of halogens is 3. The molecule has 0 saturated heterocycles. The highest BCUT2D eigenvalue weighted by molar-refractivity contribution is 5.17. The van der Waals surface area contributed by atoms with Crippen LogP contribution in [-0.4, -0.2) is 13.5 Å². The van der Waals surface area contributed by atoms with Gasteiger partial charge >= 0.3 is 0 Å². The molecule has 0 amide bonds. The molecule has 2 N–H and O–H groups in total. The summed E-state index contributed by atoms with van der Waals surface area (Å²) in [6.07, 6.45) is -5.09. The lowest BCUT2D eigenvalue weighted by Crippen LogP contribution is -2.02. The standard InChI is InChI=1S/C8H7F3.CH5N/c9-7(8(10)11)6-4-2-1-3-5-6;1-2/h1-5,7-8H;2H2,1H3. The molecule has 1 nitrogen and oxygen atoms in total. The minimum Gasteiger partial charge on any atom is -0.333 e. The zero-order valence-corrected chi connectivity index (χ0v) is 7.25.